The van der Waals surface area contributed by atoms with Crippen molar-refractivity contribution in [3.05, 3.63) is 54.1 Å². The summed E-state index contributed by atoms with van der Waals surface area (Å²) in [6, 6.07) is 15.1. The van der Waals surface area contributed by atoms with Gasteiger partial charge in [-0.25, -0.2) is 0 Å². The average molecular weight is 239 g/mol. The molecule has 0 aliphatic rings. The van der Waals surface area contributed by atoms with Gasteiger partial charge in [-0.2, -0.15) is 0 Å². The molecule has 0 bridgehead atoms. The van der Waals surface area contributed by atoms with E-state index < -0.39 is 0 Å². The van der Waals surface area contributed by atoms with Gasteiger partial charge >= 0.3 is 0 Å². The molecule has 0 amide bonds. The summed E-state index contributed by atoms with van der Waals surface area (Å²) >= 11 is 1.85. The van der Waals surface area contributed by atoms with Gasteiger partial charge in [-0.3, -0.25) is 0 Å². The Bertz CT molecular complexity index is 694. The van der Waals surface area contributed by atoms with Gasteiger partial charge in [0, 0.05) is 26.7 Å². The van der Waals surface area contributed by atoms with Crippen LogP contribution in [0, 0.1) is 0 Å². The molecular weight excluding hydrogens is 226 g/mol. The first-order valence-electron chi connectivity index (χ1n) is 5.66. The lowest BCUT2D eigenvalue weighted by atomic mass is 10.1. The number of hydrogen-bond acceptors (Lipinski definition) is 2. The van der Waals surface area contributed by atoms with E-state index in [0.29, 0.717) is 6.54 Å². The van der Waals surface area contributed by atoms with Gasteiger partial charge < -0.3 is 5.73 Å². The van der Waals surface area contributed by atoms with Crippen molar-refractivity contribution >= 4 is 37.6 Å². The monoisotopic (exact) mass is 239 g/mol. The Morgan fingerprint density at radius 1 is 1.00 bits per heavy atom. The SMILES string of the molecule is NCC=Cc1ccc2sc3ccccc3c2c1. The standard InChI is InChI=1S/C15H13NS/c16-9-3-4-11-7-8-15-13(10-11)12-5-1-2-6-14(12)17-15/h1-8,10H,9,16H2. The third-order valence-corrected chi connectivity index (χ3v) is 4.00. The molecule has 0 saturated carbocycles. The van der Waals surface area contributed by atoms with Crippen molar-refractivity contribution in [2.24, 2.45) is 5.73 Å². The lowest BCUT2D eigenvalue weighted by molar-refractivity contribution is 1.26. The minimum atomic E-state index is 0.586. The molecule has 0 saturated heterocycles. The Balaban J connectivity index is 2.26. The number of fused-ring (bicyclic) bond motifs is 3. The fourth-order valence-electron chi connectivity index (χ4n) is 2.05. The first kappa shape index (κ1) is 10.5. The van der Waals surface area contributed by atoms with E-state index in [1.807, 2.05) is 17.4 Å². The zero-order valence-electron chi connectivity index (χ0n) is 9.39. The van der Waals surface area contributed by atoms with Gasteiger partial charge in [0.1, 0.15) is 0 Å². The second kappa shape index (κ2) is 4.32. The smallest absolute Gasteiger partial charge is 0.0355 e. The number of hydrogen-bond donors (Lipinski definition) is 1. The van der Waals surface area contributed by atoms with Crippen molar-refractivity contribution in [1.29, 1.82) is 0 Å². The number of benzene rings is 2. The zero-order valence-corrected chi connectivity index (χ0v) is 10.2. The highest BCUT2D eigenvalue weighted by molar-refractivity contribution is 7.25. The quantitative estimate of drug-likeness (QED) is 0.718. The van der Waals surface area contributed by atoms with Crippen LogP contribution >= 0.6 is 11.3 Å². The Labute approximate surface area is 104 Å². The Kier molecular flexibility index (Phi) is 2.67. The summed E-state index contributed by atoms with van der Waals surface area (Å²) in [5.41, 5.74) is 6.69. The highest BCUT2D eigenvalue weighted by Crippen LogP contribution is 2.34. The van der Waals surface area contributed by atoms with E-state index in [-0.39, 0.29) is 0 Å². The van der Waals surface area contributed by atoms with E-state index in [1.54, 1.807) is 0 Å². The summed E-state index contributed by atoms with van der Waals surface area (Å²) in [4.78, 5) is 0. The number of thiophene rings is 1. The van der Waals surface area contributed by atoms with Gasteiger partial charge in [-0.15, -0.1) is 11.3 Å². The topological polar surface area (TPSA) is 26.0 Å². The molecule has 2 aromatic carbocycles. The highest BCUT2D eigenvalue weighted by atomic mass is 32.1. The Morgan fingerprint density at radius 2 is 1.82 bits per heavy atom. The van der Waals surface area contributed by atoms with Gasteiger partial charge in [0.15, 0.2) is 0 Å². The van der Waals surface area contributed by atoms with Crippen LogP contribution in [0.15, 0.2) is 48.5 Å². The normalized spacial score (nSPS) is 11.8. The van der Waals surface area contributed by atoms with Crippen molar-refractivity contribution in [3.8, 4) is 0 Å². The van der Waals surface area contributed by atoms with E-state index >= 15 is 0 Å². The van der Waals surface area contributed by atoms with E-state index in [4.69, 9.17) is 5.73 Å². The maximum atomic E-state index is 5.47. The summed E-state index contributed by atoms with van der Waals surface area (Å²) in [5, 5.41) is 2.68. The maximum Gasteiger partial charge on any atom is 0.0355 e. The molecule has 0 atom stereocenters. The lowest BCUT2D eigenvalue weighted by Gasteiger charge is -1.95. The van der Waals surface area contributed by atoms with E-state index in [1.165, 1.54) is 25.7 Å². The molecule has 0 unspecified atom stereocenters. The zero-order chi connectivity index (χ0) is 11.7. The van der Waals surface area contributed by atoms with Gasteiger partial charge in [0.25, 0.3) is 0 Å². The van der Waals surface area contributed by atoms with Crippen LogP contribution in [-0.2, 0) is 0 Å². The molecule has 1 nitrogen and oxygen atoms in total. The van der Waals surface area contributed by atoms with E-state index in [2.05, 4.69) is 48.5 Å². The Hall–Kier alpha value is -1.64. The largest absolute Gasteiger partial charge is 0.327 e. The Morgan fingerprint density at radius 3 is 2.71 bits per heavy atom. The lowest BCUT2D eigenvalue weighted by Crippen LogP contribution is -1.91. The number of rotatable bonds is 2. The second-order valence-corrected chi connectivity index (χ2v) is 5.08. The molecule has 17 heavy (non-hydrogen) atoms. The molecule has 1 heterocycles. The van der Waals surface area contributed by atoms with Crippen LogP contribution in [0.3, 0.4) is 0 Å². The first-order chi connectivity index (χ1) is 8.38. The third kappa shape index (κ3) is 1.86. The molecule has 1 aromatic heterocycles. The molecule has 0 aliphatic heterocycles. The molecule has 3 aromatic rings. The molecule has 0 radical (unpaired) electrons. The first-order valence-corrected chi connectivity index (χ1v) is 6.48. The molecule has 2 N–H and O–H groups in total. The minimum Gasteiger partial charge on any atom is -0.327 e. The van der Waals surface area contributed by atoms with Crippen LogP contribution in [0.2, 0.25) is 0 Å². The molecule has 0 aliphatic carbocycles. The van der Waals surface area contributed by atoms with Crippen molar-refractivity contribution in [2.45, 2.75) is 0 Å². The maximum absolute atomic E-state index is 5.47. The number of nitrogens with two attached hydrogens (primary N) is 1. The predicted molar refractivity (Wildman–Crippen MR) is 77.4 cm³/mol. The van der Waals surface area contributed by atoms with Gasteiger partial charge in [0.2, 0.25) is 0 Å². The van der Waals surface area contributed by atoms with E-state index in [0.717, 1.165) is 0 Å². The fraction of sp³-hybridized carbons (Fsp3) is 0.0667. The van der Waals surface area contributed by atoms with Gasteiger partial charge in [-0.05, 0) is 23.8 Å². The molecule has 84 valence electrons. The summed E-state index contributed by atoms with van der Waals surface area (Å²) in [6.45, 7) is 0.586. The molecular formula is C15H13NS. The van der Waals surface area contributed by atoms with Crippen molar-refractivity contribution in [3.63, 3.8) is 0 Å². The molecule has 2 heteroatoms. The van der Waals surface area contributed by atoms with Crippen LogP contribution < -0.4 is 5.73 Å². The summed E-state index contributed by atoms with van der Waals surface area (Å²) < 4.78 is 2.69. The fourth-order valence-corrected chi connectivity index (χ4v) is 3.14. The van der Waals surface area contributed by atoms with Crippen LogP contribution in [0.5, 0.6) is 0 Å². The van der Waals surface area contributed by atoms with Crippen molar-refractivity contribution < 1.29 is 0 Å². The van der Waals surface area contributed by atoms with Crippen LogP contribution in [0.4, 0.5) is 0 Å². The van der Waals surface area contributed by atoms with E-state index in [9.17, 15) is 0 Å². The molecule has 3 rings (SSSR count). The van der Waals surface area contributed by atoms with Crippen LogP contribution in [0.25, 0.3) is 26.2 Å². The summed E-state index contributed by atoms with van der Waals surface area (Å²) in [5.74, 6) is 0. The molecule has 0 spiro atoms. The second-order valence-electron chi connectivity index (χ2n) is 3.99. The van der Waals surface area contributed by atoms with Crippen molar-refractivity contribution in [2.75, 3.05) is 6.54 Å². The summed E-state index contributed by atoms with van der Waals surface area (Å²) in [7, 11) is 0. The summed E-state index contributed by atoms with van der Waals surface area (Å²) in [6.07, 6.45) is 4.06. The van der Waals surface area contributed by atoms with Crippen molar-refractivity contribution in [1.82, 2.24) is 0 Å². The molecule has 0 fully saturated rings. The predicted octanol–water partition coefficient (Wildman–Crippen LogP) is 4.03. The van der Waals surface area contributed by atoms with Gasteiger partial charge in [0.05, 0.1) is 0 Å². The average Bonchev–Trinajstić information content (AvgIpc) is 2.74. The van der Waals surface area contributed by atoms with Crippen LogP contribution in [-0.4, -0.2) is 6.54 Å². The highest BCUT2D eigenvalue weighted by Gasteiger charge is 2.03. The minimum absolute atomic E-state index is 0.586. The van der Waals surface area contributed by atoms with Crippen LogP contribution in [0.1, 0.15) is 5.56 Å². The third-order valence-electron chi connectivity index (χ3n) is 2.85. The van der Waals surface area contributed by atoms with Gasteiger partial charge in [-0.1, -0.05) is 36.4 Å².